The Balaban J connectivity index is 1.71. The number of nitrogens with zero attached hydrogens (tertiary/aromatic N) is 1. The van der Waals surface area contributed by atoms with E-state index in [1.807, 2.05) is 36.5 Å². The molecule has 142 valence electrons. The number of unbranched alkanes of at least 4 members (excludes halogenated alkanes) is 3. The third kappa shape index (κ3) is 5.51. The van der Waals surface area contributed by atoms with Gasteiger partial charge < -0.3 is 10.3 Å². The SMILES string of the molecule is CCCCCC[C@H](NCc1ccccc1F)c1nc(-c2ccccc2)c[nH]1. The number of rotatable bonds is 10. The highest BCUT2D eigenvalue weighted by molar-refractivity contribution is 5.58. The third-order valence-electron chi connectivity index (χ3n) is 4.84. The predicted octanol–water partition coefficient (Wildman–Crippen LogP) is 6.02. The van der Waals surface area contributed by atoms with Crippen molar-refractivity contribution in [2.45, 2.75) is 51.6 Å². The molecule has 2 aromatic carbocycles. The number of hydrogen-bond acceptors (Lipinski definition) is 2. The Morgan fingerprint density at radius 1 is 1.00 bits per heavy atom. The van der Waals surface area contributed by atoms with Crippen LogP contribution in [0.5, 0.6) is 0 Å². The quantitative estimate of drug-likeness (QED) is 0.432. The zero-order valence-electron chi connectivity index (χ0n) is 15.9. The van der Waals surface area contributed by atoms with E-state index in [0.717, 1.165) is 29.9 Å². The molecule has 1 heterocycles. The second-order valence-electron chi connectivity index (χ2n) is 6.91. The van der Waals surface area contributed by atoms with Crippen LogP contribution in [0.4, 0.5) is 4.39 Å². The summed E-state index contributed by atoms with van der Waals surface area (Å²) >= 11 is 0. The molecule has 3 rings (SSSR count). The number of halogens is 1. The zero-order valence-corrected chi connectivity index (χ0v) is 15.9. The van der Waals surface area contributed by atoms with E-state index in [2.05, 4.69) is 29.4 Å². The molecule has 0 bridgehead atoms. The van der Waals surface area contributed by atoms with Gasteiger partial charge in [-0.05, 0) is 12.5 Å². The summed E-state index contributed by atoms with van der Waals surface area (Å²) in [6.07, 6.45) is 7.73. The molecule has 0 fully saturated rings. The number of imidazole rings is 1. The van der Waals surface area contributed by atoms with Crippen molar-refractivity contribution in [1.82, 2.24) is 15.3 Å². The molecule has 4 heteroatoms. The molecule has 0 spiro atoms. The van der Waals surface area contributed by atoms with Gasteiger partial charge in [-0.25, -0.2) is 9.37 Å². The van der Waals surface area contributed by atoms with Crippen LogP contribution >= 0.6 is 0 Å². The van der Waals surface area contributed by atoms with Crippen molar-refractivity contribution in [3.8, 4) is 11.3 Å². The van der Waals surface area contributed by atoms with Crippen LogP contribution in [0.15, 0.2) is 60.8 Å². The van der Waals surface area contributed by atoms with Crippen molar-refractivity contribution in [3.05, 3.63) is 78.0 Å². The van der Waals surface area contributed by atoms with E-state index in [1.165, 1.54) is 25.3 Å². The fourth-order valence-corrected chi connectivity index (χ4v) is 3.26. The lowest BCUT2D eigenvalue weighted by Crippen LogP contribution is -2.22. The normalized spacial score (nSPS) is 12.2. The number of aromatic amines is 1. The second-order valence-corrected chi connectivity index (χ2v) is 6.91. The zero-order chi connectivity index (χ0) is 18.9. The third-order valence-corrected chi connectivity index (χ3v) is 4.84. The molecule has 0 aliphatic carbocycles. The van der Waals surface area contributed by atoms with Crippen LogP contribution in [0.25, 0.3) is 11.3 Å². The van der Waals surface area contributed by atoms with Gasteiger partial charge in [-0.3, -0.25) is 0 Å². The minimum absolute atomic E-state index is 0.0823. The molecular weight excluding hydrogens is 337 g/mol. The maximum atomic E-state index is 14.0. The first-order valence-electron chi connectivity index (χ1n) is 9.85. The molecule has 0 amide bonds. The van der Waals surface area contributed by atoms with Gasteiger partial charge >= 0.3 is 0 Å². The highest BCUT2D eigenvalue weighted by Gasteiger charge is 2.16. The predicted molar refractivity (Wildman–Crippen MR) is 109 cm³/mol. The van der Waals surface area contributed by atoms with Crippen molar-refractivity contribution in [2.24, 2.45) is 0 Å². The number of benzene rings is 2. The summed E-state index contributed by atoms with van der Waals surface area (Å²) in [4.78, 5) is 8.13. The van der Waals surface area contributed by atoms with E-state index in [-0.39, 0.29) is 11.9 Å². The summed E-state index contributed by atoms with van der Waals surface area (Å²) < 4.78 is 14.0. The lowest BCUT2D eigenvalue weighted by Gasteiger charge is -2.17. The fourth-order valence-electron chi connectivity index (χ4n) is 3.26. The van der Waals surface area contributed by atoms with Gasteiger partial charge in [0, 0.05) is 23.9 Å². The van der Waals surface area contributed by atoms with Crippen LogP contribution < -0.4 is 5.32 Å². The van der Waals surface area contributed by atoms with Crippen molar-refractivity contribution < 1.29 is 4.39 Å². The number of hydrogen-bond donors (Lipinski definition) is 2. The standard InChI is InChI=1S/C23H28FN3/c1-2-3-4-8-15-21(25-16-19-13-9-10-14-20(19)24)23-26-17-22(27-23)18-11-6-5-7-12-18/h5-7,9-14,17,21,25H,2-4,8,15-16H2,1H3,(H,26,27)/t21-/m0/s1. The van der Waals surface area contributed by atoms with Gasteiger partial charge in [-0.15, -0.1) is 0 Å². The monoisotopic (exact) mass is 365 g/mol. The summed E-state index contributed by atoms with van der Waals surface area (Å²) in [5.41, 5.74) is 2.72. The second kappa shape index (κ2) is 10.0. The van der Waals surface area contributed by atoms with E-state index in [9.17, 15) is 4.39 Å². The highest BCUT2D eigenvalue weighted by atomic mass is 19.1. The maximum absolute atomic E-state index is 14.0. The van der Waals surface area contributed by atoms with Crippen molar-refractivity contribution in [3.63, 3.8) is 0 Å². The average Bonchev–Trinajstić information content (AvgIpc) is 3.19. The van der Waals surface area contributed by atoms with Gasteiger partial charge in [-0.1, -0.05) is 81.1 Å². The smallest absolute Gasteiger partial charge is 0.127 e. The van der Waals surface area contributed by atoms with Gasteiger partial charge in [0.25, 0.3) is 0 Å². The topological polar surface area (TPSA) is 40.7 Å². The van der Waals surface area contributed by atoms with Gasteiger partial charge in [0.1, 0.15) is 11.6 Å². The molecule has 3 aromatic rings. The Hall–Kier alpha value is -2.46. The van der Waals surface area contributed by atoms with Gasteiger partial charge in [0.2, 0.25) is 0 Å². The summed E-state index contributed by atoms with van der Waals surface area (Å²) in [6, 6.07) is 17.2. The van der Waals surface area contributed by atoms with E-state index in [4.69, 9.17) is 4.98 Å². The summed E-state index contributed by atoms with van der Waals surface area (Å²) in [6.45, 7) is 2.71. The minimum Gasteiger partial charge on any atom is -0.347 e. The first-order chi connectivity index (χ1) is 13.3. The molecule has 2 N–H and O–H groups in total. The molecule has 0 saturated carbocycles. The molecular formula is C23H28FN3. The average molecular weight is 365 g/mol. The first-order valence-corrected chi connectivity index (χ1v) is 9.85. The maximum Gasteiger partial charge on any atom is 0.127 e. The minimum atomic E-state index is -0.167. The van der Waals surface area contributed by atoms with Gasteiger partial charge in [0.15, 0.2) is 0 Å². The largest absolute Gasteiger partial charge is 0.347 e. The first kappa shape index (κ1) is 19.3. The van der Waals surface area contributed by atoms with E-state index >= 15 is 0 Å². The van der Waals surface area contributed by atoms with Crippen LogP contribution in [0, 0.1) is 5.82 Å². The molecule has 0 saturated heterocycles. The van der Waals surface area contributed by atoms with Gasteiger partial charge in [-0.2, -0.15) is 0 Å². The Kier molecular flexibility index (Phi) is 7.17. The summed E-state index contributed by atoms with van der Waals surface area (Å²) in [7, 11) is 0. The fraction of sp³-hybridized carbons (Fsp3) is 0.348. The molecule has 27 heavy (non-hydrogen) atoms. The lowest BCUT2D eigenvalue weighted by atomic mass is 10.1. The highest BCUT2D eigenvalue weighted by Crippen LogP contribution is 2.23. The number of nitrogens with one attached hydrogen (secondary N) is 2. The molecule has 0 aliphatic heterocycles. The van der Waals surface area contributed by atoms with E-state index in [1.54, 1.807) is 6.07 Å². The van der Waals surface area contributed by atoms with Crippen molar-refractivity contribution >= 4 is 0 Å². The van der Waals surface area contributed by atoms with Crippen LogP contribution in [-0.2, 0) is 6.54 Å². The molecule has 1 aromatic heterocycles. The van der Waals surface area contributed by atoms with Crippen LogP contribution in [0.1, 0.15) is 56.5 Å². The Morgan fingerprint density at radius 3 is 2.56 bits per heavy atom. The van der Waals surface area contributed by atoms with Crippen LogP contribution in [0.2, 0.25) is 0 Å². The Morgan fingerprint density at radius 2 is 1.78 bits per heavy atom. The lowest BCUT2D eigenvalue weighted by molar-refractivity contribution is 0.447. The Labute approximate surface area is 161 Å². The van der Waals surface area contributed by atoms with Crippen molar-refractivity contribution in [2.75, 3.05) is 0 Å². The molecule has 1 atom stereocenters. The molecule has 0 radical (unpaired) electrons. The van der Waals surface area contributed by atoms with Gasteiger partial charge in [0.05, 0.1) is 11.7 Å². The molecule has 0 aliphatic rings. The number of aromatic nitrogens is 2. The Bertz CT molecular complexity index is 813. The molecule has 0 unspecified atom stereocenters. The molecule has 3 nitrogen and oxygen atoms in total. The summed E-state index contributed by atoms with van der Waals surface area (Å²) in [5, 5.41) is 3.50. The van der Waals surface area contributed by atoms with Crippen molar-refractivity contribution in [1.29, 1.82) is 0 Å². The van der Waals surface area contributed by atoms with Crippen LogP contribution in [0.3, 0.4) is 0 Å². The van der Waals surface area contributed by atoms with Crippen LogP contribution in [-0.4, -0.2) is 9.97 Å². The van der Waals surface area contributed by atoms with E-state index in [0.29, 0.717) is 12.1 Å². The van der Waals surface area contributed by atoms with E-state index < -0.39 is 0 Å². The summed E-state index contributed by atoms with van der Waals surface area (Å²) in [5.74, 6) is 0.751. The number of H-pyrrole nitrogens is 1.